The molecule has 3 nitrogen and oxygen atoms in total. The maximum atomic E-state index is 14.1. The van der Waals surface area contributed by atoms with Gasteiger partial charge in [-0.25, -0.2) is 4.39 Å². The molecule has 102 valence electrons. The highest BCUT2D eigenvalue weighted by Gasteiger charge is 2.35. The number of Topliss-reactive ketones (excluding diaryl/α,β-unsaturated/α-hetero) is 1. The molecule has 1 aliphatic carbocycles. The quantitative estimate of drug-likeness (QED) is 0.784. The van der Waals surface area contributed by atoms with E-state index >= 15 is 0 Å². The molecule has 1 aliphatic heterocycles. The zero-order valence-electron chi connectivity index (χ0n) is 11.5. The largest absolute Gasteiger partial charge is 0.358 e. The summed E-state index contributed by atoms with van der Waals surface area (Å²) in [6.45, 7) is 4.44. The van der Waals surface area contributed by atoms with Gasteiger partial charge in [0.15, 0.2) is 5.78 Å². The van der Waals surface area contributed by atoms with Crippen molar-refractivity contribution in [2.45, 2.75) is 26.7 Å². The van der Waals surface area contributed by atoms with Crippen LogP contribution in [0.3, 0.4) is 0 Å². The smallest absolute Gasteiger partial charge is 0.187 e. The van der Waals surface area contributed by atoms with Gasteiger partial charge in [0.1, 0.15) is 12.4 Å². The van der Waals surface area contributed by atoms with Gasteiger partial charge in [0.25, 0.3) is 0 Å². The van der Waals surface area contributed by atoms with Crippen molar-refractivity contribution >= 4 is 22.4 Å². The summed E-state index contributed by atoms with van der Waals surface area (Å²) in [6.07, 6.45) is 1.72. The van der Waals surface area contributed by atoms with E-state index in [1.54, 1.807) is 6.07 Å². The molecule has 2 heterocycles. The van der Waals surface area contributed by atoms with Crippen LogP contribution in [0.1, 0.15) is 41.9 Å². The number of hydrogen-bond acceptors (Lipinski definition) is 2. The van der Waals surface area contributed by atoms with Crippen LogP contribution in [0.15, 0.2) is 17.1 Å². The number of H-pyrrole nitrogens is 1. The van der Waals surface area contributed by atoms with Gasteiger partial charge in [0.2, 0.25) is 0 Å². The molecule has 0 unspecified atom stereocenters. The molecule has 20 heavy (non-hydrogen) atoms. The molecule has 2 aromatic rings. The maximum absolute atomic E-state index is 14.1. The van der Waals surface area contributed by atoms with Crippen LogP contribution in [0, 0.1) is 11.2 Å². The lowest BCUT2D eigenvalue weighted by Gasteiger charge is -2.30. The summed E-state index contributed by atoms with van der Waals surface area (Å²) in [6, 6.07) is 3.09. The first kappa shape index (κ1) is 11.8. The number of rotatable bonds is 0. The molecule has 0 atom stereocenters. The van der Waals surface area contributed by atoms with Crippen LogP contribution < -0.4 is 0 Å². The number of aromatic nitrogens is 1. The first-order chi connectivity index (χ1) is 9.46. The Labute approximate surface area is 115 Å². The fourth-order valence-corrected chi connectivity index (χ4v) is 3.50. The van der Waals surface area contributed by atoms with Crippen molar-refractivity contribution in [1.82, 2.24) is 4.98 Å². The van der Waals surface area contributed by atoms with Crippen LogP contribution in [0.5, 0.6) is 0 Å². The SMILES string of the molecule is CC1(C)CC2=NCC(=O)c3c(F)ccc4[nH]c(c2c34)C1. The number of carbonyl (C=O) groups excluding carboxylic acids is 1. The molecule has 4 heteroatoms. The number of aromatic amines is 1. The van der Waals surface area contributed by atoms with Gasteiger partial charge < -0.3 is 4.98 Å². The number of nitrogens with one attached hydrogen (secondary N) is 1. The second-order valence-electron chi connectivity index (χ2n) is 6.53. The van der Waals surface area contributed by atoms with Gasteiger partial charge in [0.05, 0.1) is 5.56 Å². The maximum Gasteiger partial charge on any atom is 0.187 e. The predicted octanol–water partition coefficient (Wildman–Crippen LogP) is 3.26. The van der Waals surface area contributed by atoms with E-state index in [1.165, 1.54) is 6.07 Å². The average molecular weight is 270 g/mol. The van der Waals surface area contributed by atoms with Gasteiger partial charge in [-0.1, -0.05) is 13.8 Å². The lowest BCUT2D eigenvalue weighted by atomic mass is 9.75. The van der Waals surface area contributed by atoms with E-state index in [0.29, 0.717) is 0 Å². The van der Waals surface area contributed by atoms with E-state index in [4.69, 9.17) is 0 Å². The van der Waals surface area contributed by atoms with Crippen molar-refractivity contribution in [2.24, 2.45) is 10.4 Å². The van der Waals surface area contributed by atoms with Gasteiger partial charge >= 0.3 is 0 Å². The van der Waals surface area contributed by atoms with E-state index in [1.807, 2.05) is 0 Å². The highest BCUT2D eigenvalue weighted by Crippen LogP contribution is 2.40. The summed E-state index contributed by atoms with van der Waals surface area (Å²) in [5.74, 6) is -0.666. The van der Waals surface area contributed by atoms with E-state index in [0.717, 1.165) is 40.7 Å². The molecule has 2 aliphatic rings. The van der Waals surface area contributed by atoms with Crippen molar-refractivity contribution < 1.29 is 9.18 Å². The summed E-state index contributed by atoms with van der Waals surface area (Å²) in [5, 5.41) is 0.733. The first-order valence-electron chi connectivity index (χ1n) is 6.86. The van der Waals surface area contributed by atoms with Crippen molar-refractivity contribution in [1.29, 1.82) is 0 Å². The summed E-state index contributed by atoms with van der Waals surface area (Å²) in [5.41, 5.74) is 4.15. The molecule has 1 aromatic carbocycles. The van der Waals surface area contributed by atoms with Gasteiger partial charge in [0, 0.05) is 27.9 Å². The van der Waals surface area contributed by atoms with Crippen molar-refractivity contribution in [3.05, 3.63) is 34.8 Å². The number of halogens is 1. The normalized spacial score (nSPS) is 19.9. The minimum atomic E-state index is -0.439. The second-order valence-corrected chi connectivity index (χ2v) is 6.53. The average Bonchev–Trinajstić information content (AvgIpc) is 2.64. The molecule has 1 aromatic heterocycles. The Balaban J connectivity index is 2.16. The topological polar surface area (TPSA) is 45.2 Å². The zero-order valence-corrected chi connectivity index (χ0v) is 11.5. The Morgan fingerprint density at radius 2 is 2.05 bits per heavy atom. The van der Waals surface area contributed by atoms with E-state index < -0.39 is 5.82 Å². The van der Waals surface area contributed by atoms with Crippen LogP contribution >= 0.6 is 0 Å². The van der Waals surface area contributed by atoms with Gasteiger partial charge in [-0.05, 0) is 30.4 Å². The highest BCUT2D eigenvalue weighted by molar-refractivity contribution is 6.22. The fourth-order valence-electron chi connectivity index (χ4n) is 3.50. The highest BCUT2D eigenvalue weighted by atomic mass is 19.1. The predicted molar refractivity (Wildman–Crippen MR) is 76.1 cm³/mol. The van der Waals surface area contributed by atoms with Gasteiger partial charge in [-0.2, -0.15) is 0 Å². The molecule has 0 spiro atoms. The molecule has 1 N–H and O–H groups in total. The third-order valence-corrected chi connectivity index (χ3v) is 4.27. The van der Waals surface area contributed by atoms with E-state index in [-0.39, 0.29) is 23.3 Å². The zero-order chi connectivity index (χ0) is 14.1. The van der Waals surface area contributed by atoms with Crippen LogP contribution in [-0.4, -0.2) is 23.0 Å². The molecule has 0 radical (unpaired) electrons. The Kier molecular flexibility index (Phi) is 2.11. The molecule has 0 saturated heterocycles. The van der Waals surface area contributed by atoms with Gasteiger partial charge in [-0.3, -0.25) is 9.79 Å². The Morgan fingerprint density at radius 3 is 2.85 bits per heavy atom. The number of carbonyl (C=O) groups is 1. The van der Waals surface area contributed by atoms with Crippen molar-refractivity contribution in [3.63, 3.8) is 0 Å². The molecule has 0 amide bonds. The molecule has 4 rings (SSSR count). The fraction of sp³-hybridized carbons (Fsp3) is 0.375. The standard InChI is InChI=1S/C16H15FN2O/c1-16(2)5-10-14-11(6-16)19-9-4-3-8(17)13(15(9)14)12(20)7-18-10/h3-4,19H,5-7H2,1-2H3. The molecule has 0 bridgehead atoms. The minimum absolute atomic E-state index is 0.0512. The summed E-state index contributed by atoms with van der Waals surface area (Å²) in [4.78, 5) is 20.0. The number of nitrogens with zero attached hydrogens (tertiary/aromatic N) is 1. The van der Waals surface area contributed by atoms with Crippen LogP contribution in [-0.2, 0) is 6.42 Å². The van der Waals surface area contributed by atoms with Crippen molar-refractivity contribution in [3.8, 4) is 0 Å². The summed E-state index contributed by atoms with van der Waals surface area (Å²) in [7, 11) is 0. The van der Waals surface area contributed by atoms with Crippen LogP contribution in [0.25, 0.3) is 10.9 Å². The molecule has 0 fully saturated rings. The molecule has 0 saturated carbocycles. The van der Waals surface area contributed by atoms with Crippen molar-refractivity contribution in [2.75, 3.05) is 6.54 Å². The lowest BCUT2D eigenvalue weighted by molar-refractivity contribution is 0.1000. The van der Waals surface area contributed by atoms with Crippen LogP contribution in [0.2, 0.25) is 0 Å². The Bertz CT molecular complexity index is 798. The van der Waals surface area contributed by atoms with Gasteiger partial charge in [-0.15, -0.1) is 0 Å². The van der Waals surface area contributed by atoms with E-state index in [9.17, 15) is 9.18 Å². The van der Waals surface area contributed by atoms with E-state index in [2.05, 4.69) is 23.8 Å². The molecular weight excluding hydrogens is 255 g/mol. The number of benzene rings is 1. The third-order valence-electron chi connectivity index (χ3n) is 4.27. The minimum Gasteiger partial charge on any atom is -0.358 e. The Morgan fingerprint density at radius 1 is 1.25 bits per heavy atom. The third kappa shape index (κ3) is 1.45. The molecular formula is C16H15FN2O. The lowest BCUT2D eigenvalue weighted by Crippen LogP contribution is -2.27. The number of hydrogen-bond donors (Lipinski definition) is 1. The summed E-state index contributed by atoms with van der Waals surface area (Å²) < 4.78 is 14.1. The monoisotopic (exact) mass is 270 g/mol. The number of aliphatic imine (C=N–C) groups is 1. The Hall–Kier alpha value is -1.97. The first-order valence-corrected chi connectivity index (χ1v) is 6.86. The van der Waals surface area contributed by atoms with Crippen LogP contribution in [0.4, 0.5) is 4.39 Å². The number of ketones is 1. The summed E-state index contributed by atoms with van der Waals surface area (Å²) >= 11 is 0. The second kappa shape index (κ2) is 3.57.